The summed E-state index contributed by atoms with van der Waals surface area (Å²) in [7, 11) is 0. The molecular weight excluding hydrogens is 410 g/mol. The molecule has 1 amide bonds. The van der Waals surface area contributed by atoms with Crippen molar-refractivity contribution in [2.75, 3.05) is 26.2 Å². The van der Waals surface area contributed by atoms with Crippen molar-refractivity contribution in [3.8, 4) is 0 Å². The van der Waals surface area contributed by atoms with E-state index in [1.807, 2.05) is 17.9 Å². The fourth-order valence-electron chi connectivity index (χ4n) is 4.93. The van der Waals surface area contributed by atoms with Crippen LogP contribution in [0.5, 0.6) is 0 Å². The van der Waals surface area contributed by atoms with Gasteiger partial charge < -0.3 is 19.5 Å². The van der Waals surface area contributed by atoms with Gasteiger partial charge in [0.1, 0.15) is 11.5 Å². The molecule has 5 rings (SSSR count). The molecule has 2 aromatic rings. The van der Waals surface area contributed by atoms with Crippen LogP contribution in [0.1, 0.15) is 69.7 Å². The third-order valence-corrected chi connectivity index (χ3v) is 7.56. The van der Waals surface area contributed by atoms with Crippen LogP contribution in [0.3, 0.4) is 0 Å². The van der Waals surface area contributed by atoms with E-state index >= 15 is 0 Å². The molecule has 158 valence electrons. The molecule has 5 heterocycles. The summed E-state index contributed by atoms with van der Waals surface area (Å²) in [5.74, 6) is 0.929. The van der Waals surface area contributed by atoms with Crippen LogP contribution >= 0.6 is 23.7 Å². The van der Waals surface area contributed by atoms with Crippen molar-refractivity contribution in [3.63, 3.8) is 0 Å². The second kappa shape index (κ2) is 8.38. The monoisotopic (exact) mass is 437 g/mol. The molecule has 0 saturated carbocycles. The Labute approximate surface area is 181 Å². The summed E-state index contributed by atoms with van der Waals surface area (Å²) >= 11 is 1.67. The molecule has 8 heteroatoms. The summed E-state index contributed by atoms with van der Waals surface area (Å²) in [6, 6.07) is 4.11. The fraction of sp³-hybridized carbons (Fsp3) is 0.619. The Balaban J connectivity index is 0.00000205. The van der Waals surface area contributed by atoms with Gasteiger partial charge in [0.15, 0.2) is 0 Å². The molecule has 2 aromatic heterocycles. The van der Waals surface area contributed by atoms with Crippen LogP contribution in [0.2, 0.25) is 0 Å². The molecular formula is C21H28ClN3O3S. The van der Waals surface area contributed by atoms with E-state index in [-0.39, 0.29) is 30.0 Å². The van der Waals surface area contributed by atoms with Crippen LogP contribution in [-0.2, 0) is 16.8 Å². The highest BCUT2D eigenvalue weighted by molar-refractivity contribution is 7.14. The van der Waals surface area contributed by atoms with Crippen molar-refractivity contribution in [2.45, 2.75) is 57.1 Å². The predicted octanol–water partition coefficient (Wildman–Crippen LogP) is 3.99. The number of nitrogens with one attached hydrogen (secondary N) is 1. The van der Waals surface area contributed by atoms with Gasteiger partial charge in [0.2, 0.25) is 0 Å². The Kier molecular flexibility index (Phi) is 6.02. The Morgan fingerprint density at radius 3 is 2.90 bits per heavy atom. The molecule has 2 fully saturated rings. The van der Waals surface area contributed by atoms with E-state index in [1.165, 1.54) is 10.4 Å². The summed E-state index contributed by atoms with van der Waals surface area (Å²) in [6.45, 7) is 5.38. The third kappa shape index (κ3) is 3.74. The molecule has 0 radical (unpaired) electrons. The lowest BCUT2D eigenvalue weighted by Gasteiger charge is -2.40. The number of thiophene rings is 1. The first-order valence-electron chi connectivity index (χ1n) is 10.4. The molecule has 2 saturated heterocycles. The van der Waals surface area contributed by atoms with Gasteiger partial charge in [-0.3, -0.25) is 4.79 Å². The van der Waals surface area contributed by atoms with Crippen molar-refractivity contribution in [1.29, 1.82) is 0 Å². The van der Waals surface area contributed by atoms with Crippen molar-refractivity contribution < 1.29 is 14.1 Å². The predicted molar refractivity (Wildman–Crippen MR) is 114 cm³/mol. The number of likely N-dealkylation sites (tertiary alicyclic amines) is 1. The minimum Gasteiger partial charge on any atom is -0.370 e. The minimum absolute atomic E-state index is 0. The van der Waals surface area contributed by atoms with E-state index in [2.05, 4.69) is 16.5 Å². The number of carbonyl (C=O) groups is 1. The van der Waals surface area contributed by atoms with Gasteiger partial charge >= 0.3 is 0 Å². The molecule has 0 aliphatic carbocycles. The summed E-state index contributed by atoms with van der Waals surface area (Å²) in [5, 5.41) is 7.63. The molecule has 29 heavy (non-hydrogen) atoms. The Morgan fingerprint density at radius 1 is 1.31 bits per heavy atom. The molecule has 6 nitrogen and oxygen atoms in total. The first-order chi connectivity index (χ1) is 13.7. The van der Waals surface area contributed by atoms with Gasteiger partial charge in [-0.2, -0.15) is 0 Å². The number of rotatable bonds is 2. The minimum atomic E-state index is -0.196. The van der Waals surface area contributed by atoms with Gasteiger partial charge in [0.25, 0.3) is 5.91 Å². The topological polar surface area (TPSA) is 67.6 Å². The standard InChI is InChI=1S/C21H27N3O3S.ClH/c1-14-12-16(23-27-14)17-4-2-3-10-24(17)20(25)19-13-15-18(28-19)5-11-26-21(15)6-8-22-9-7-21;/h12-13,17,22H,2-11H2,1H3;1H. The van der Waals surface area contributed by atoms with Crippen LogP contribution in [0.25, 0.3) is 0 Å². The molecule has 3 aliphatic heterocycles. The van der Waals surface area contributed by atoms with E-state index in [0.29, 0.717) is 0 Å². The van der Waals surface area contributed by atoms with Crippen LogP contribution in [0.15, 0.2) is 16.7 Å². The van der Waals surface area contributed by atoms with Crippen molar-refractivity contribution >= 4 is 29.7 Å². The summed E-state index contributed by atoms with van der Waals surface area (Å²) in [5.41, 5.74) is 1.95. The Hall–Kier alpha value is -1.41. The Morgan fingerprint density at radius 2 is 2.14 bits per heavy atom. The number of ether oxygens (including phenoxy) is 1. The largest absolute Gasteiger partial charge is 0.370 e. The van der Waals surface area contributed by atoms with Crippen LogP contribution in [0.4, 0.5) is 0 Å². The van der Waals surface area contributed by atoms with Gasteiger partial charge in [-0.15, -0.1) is 23.7 Å². The number of hydrogen-bond acceptors (Lipinski definition) is 6. The number of aromatic nitrogens is 1. The first kappa shape index (κ1) is 20.8. The summed E-state index contributed by atoms with van der Waals surface area (Å²) in [6.07, 6.45) is 5.98. The lowest BCUT2D eigenvalue weighted by atomic mass is 9.83. The van der Waals surface area contributed by atoms with Gasteiger partial charge in [-0.1, -0.05) is 5.16 Å². The molecule has 1 unspecified atom stereocenters. The molecule has 1 atom stereocenters. The quantitative estimate of drug-likeness (QED) is 0.769. The molecule has 0 aromatic carbocycles. The smallest absolute Gasteiger partial charge is 0.264 e. The van der Waals surface area contributed by atoms with Gasteiger partial charge in [0.05, 0.1) is 23.1 Å². The average Bonchev–Trinajstić information content (AvgIpc) is 3.36. The number of halogens is 1. The first-order valence-corrected chi connectivity index (χ1v) is 11.2. The fourth-order valence-corrected chi connectivity index (χ4v) is 6.12. The molecule has 1 spiro atoms. The third-order valence-electron chi connectivity index (χ3n) is 6.38. The van der Waals surface area contributed by atoms with Crippen LogP contribution < -0.4 is 5.32 Å². The van der Waals surface area contributed by atoms with Gasteiger partial charge in [0, 0.05) is 23.9 Å². The number of fused-ring (bicyclic) bond motifs is 2. The van der Waals surface area contributed by atoms with Crippen molar-refractivity contribution in [2.24, 2.45) is 0 Å². The van der Waals surface area contributed by atoms with Crippen molar-refractivity contribution in [1.82, 2.24) is 15.4 Å². The SMILES string of the molecule is Cc1cc(C2CCCCN2C(=O)c2cc3c(s2)CCOC32CCNCC2)no1.Cl. The number of nitrogens with zero attached hydrogens (tertiary/aromatic N) is 2. The van der Waals surface area contributed by atoms with E-state index < -0.39 is 0 Å². The van der Waals surface area contributed by atoms with E-state index in [1.54, 1.807) is 11.3 Å². The number of piperidine rings is 2. The maximum atomic E-state index is 13.5. The lowest BCUT2D eigenvalue weighted by Crippen LogP contribution is -2.44. The van der Waals surface area contributed by atoms with Crippen LogP contribution in [0, 0.1) is 6.92 Å². The number of hydrogen-bond donors (Lipinski definition) is 1. The highest BCUT2D eigenvalue weighted by Crippen LogP contribution is 2.44. The van der Waals surface area contributed by atoms with E-state index in [9.17, 15) is 4.79 Å². The van der Waals surface area contributed by atoms with Crippen LogP contribution in [-0.4, -0.2) is 42.2 Å². The zero-order valence-electron chi connectivity index (χ0n) is 16.7. The highest BCUT2D eigenvalue weighted by atomic mass is 35.5. The van der Waals surface area contributed by atoms with E-state index in [0.717, 1.165) is 81.1 Å². The second-order valence-electron chi connectivity index (χ2n) is 8.16. The van der Waals surface area contributed by atoms with Gasteiger partial charge in [-0.05, 0) is 63.7 Å². The highest BCUT2D eigenvalue weighted by Gasteiger charge is 2.41. The van der Waals surface area contributed by atoms with E-state index in [4.69, 9.17) is 9.26 Å². The maximum absolute atomic E-state index is 13.5. The Bertz CT molecular complexity index is 874. The lowest BCUT2D eigenvalue weighted by molar-refractivity contribution is -0.0792. The van der Waals surface area contributed by atoms with Gasteiger partial charge in [-0.25, -0.2) is 0 Å². The summed E-state index contributed by atoms with van der Waals surface area (Å²) < 4.78 is 11.6. The number of aryl methyl sites for hydroxylation is 1. The van der Waals surface area contributed by atoms with Crippen molar-refractivity contribution in [3.05, 3.63) is 38.9 Å². The zero-order valence-corrected chi connectivity index (χ0v) is 18.4. The number of carbonyl (C=O) groups excluding carboxylic acids is 1. The summed E-state index contributed by atoms with van der Waals surface area (Å²) in [4.78, 5) is 17.7. The maximum Gasteiger partial charge on any atom is 0.264 e. The molecule has 3 aliphatic rings. The average molecular weight is 438 g/mol. The molecule has 1 N–H and O–H groups in total. The normalized spacial score (nSPS) is 23.5. The molecule has 0 bridgehead atoms. The second-order valence-corrected chi connectivity index (χ2v) is 9.30. The number of amides is 1. The zero-order chi connectivity index (χ0) is 19.1.